The van der Waals surface area contributed by atoms with Crippen LogP contribution in [0, 0.1) is 17.8 Å². The zero-order valence-corrected chi connectivity index (χ0v) is 32.2. The van der Waals surface area contributed by atoms with Crippen LogP contribution in [-0.2, 0) is 0 Å². The molecule has 0 spiro atoms. The van der Waals surface area contributed by atoms with Crippen molar-refractivity contribution in [1.29, 1.82) is 0 Å². The Labute approximate surface area is 264 Å². The second-order valence-corrected chi connectivity index (χ2v) is 40.3. The molecule has 0 aromatic heterocycles. The Hall–Kier alpha value is -1.11. The van der Waals surface area contributed by atoms with Crippen LogP contribution in [0.5, 0.6) is 0 Å². The molecule has 3 rings (SSSR count). The molecule has 0 aliphatic carbocycles. The molecule has 3 aromatic carbocycles. The summed E-state index contributed by atoms with van der Waals surface area (Å²) in [5.74, 6) is 1.13. The minimum atomic E-state index is -3.07. The monoisotopic (exact) mass is 640 g/mol. The van der Waals surface area contributed by atoms with Gasteiger partial charge in [-0.15, -0.1) is 0 Å². The fourth-order valence-corrected chi connectivity index (χ4v) is 72.9. The highest BCUT2D eigenvalue weighted by atomic mass is 35.6. The predicted octanol–water partition coefficient (Wildman–Crippen LogP) is 9.99. The van der Waals surface area contributed by atoms with Crippen LogP contribution in [0.15, 0.2) is 91.0 Å². The lowest BCUT2D eigenvalue weighted by molar-refractivity contribution is 0.448. The lowest BCUT2D eigenvalue weighted by Gasteiger charge is -2.68. The van der Waals surface area contributed by atoms with Crippen molar-refractivity contribution in [2.24, 2.45) is 17.8 Å². The molecule has 0 nitrogen and oxygen atoms in total. The van der Waals surface area contributed by atoms with E-state index in [0.717, 1.165) is 0 Å². The minimum absolute atomic E-state index is 0.125. The quantitative estimate of drug-likeness (QED) is 0.144. The zero-order chi connectivity index (χ0) is 31.1. The van der Waals surface area contributed by atoms with E-state index >= 15 is 0 Å². The van der Waals surface area contributed by atoms with Gasteiger partial charge in [-0.3, -0.25) is 0 Å². The first-order valence-electron chi connectivity index (χ1n) is 15.4. The molecule has 41 heavy (non-hydrogen) atoms. The first-order chi connectivity index (χ1) is 18.9. The Bertz CT molecular complexity index is 1200. The molecule has 0 unspecified atom stereocenters. The third kappa shape index (κ3) is 4.90. The topological polar surface area (TPSA) is 0 Å². The number of hydrogen-bond acceptors (Lipinski definition) is 0. The molecule has 0 heterocycles. The third-order valence-corrected chi connectivity index (χ3v) is 60.7. The molecule has 3 aromatic rings. The molecule has 0 aliphatic rings. The van der Waals surface area contributed by atoms with E-state index in [2.05, 4.69) is 174 Å². The average Bonchev–Trinajstić information content (AvgIpc) is 2.94. The number of hydrogen-bond donors (Lipinski definition) is 0. The van der Waals surface area contributed by atoms with Gasteiger partial charge >= 0.3 is 0 Å². The number of benzene rings is 3. The molecule has 5 heteroatoms. The van der Waals surface area contributed by atoms with E-state index < -0.39 is 20.9 Å². The molecule has 0 saturated heterocycles. The lowest BCUT2D eigenvalue weighted by atomic mass is 9.99. The highest BCUT2D eigenvalue weighted by Gasteiger charge is 2.81. The van der Waals surface area contributed by atoms with Crippen LogP contribution in [-0.4, -0.2) is 20.9 Å². The van der Waals surface area contributed by atoms with E-state index in [1.807, 2.05) is 0 Å². The van der Waals surface area contributed by atoms with Gasteiger partial charge in [0, 0.05) is 0 Å². The van der Waals surface area contributed by atoms with Crippen LogP contribution in [0.25, 0.3) is 0 Å². The van der Waals surface area contributed by atoms with Gasteiger partial charge in [0.05, 0.1) is 0 Å². The summed E-state index contributed by atoms with van der Waals surface area (Å²) in [6.45, 7) is 23.2. The normalized spacial score (nSPS) is 16.6. The Morgan fingerprint density at radius 2 is 0.659 bits per heavy atom. The smallest absolute Gasteiger partial charge is 0.164 e. The highest BCUT2D eigenvalue weighted by Crippen LogP contribution is 2.66. The fraction of sp³-hybridized carbons (Fsp3) is 0.500. The van der Waals surface area contributed by atoms with Gasteiger partial charge in [0.15, 0.2) is 13.8 Å². The SMILES string of the molecule is CC(C)C(C)(C)[Si](c1ccccc1)([Si@](Cl)(c1ccccc1)C(C)(C)C(C)C)[Si@](Cl)(c1ccccc1)C(C)(C)C(C)C. The third-order valence-electron chi connectivity index (χ3n) is 11.7. The van der Waals surface area contributed by atoms with Crippen molar-refractivity contribution in [2.75, 3.05) is 0 Å². The molecule has 0 N–H and O–H groups in total. The largest absolute Gasteiger partial charge is 0.187 e. The molecule has 224 valence electrons. The average molecular weight is 642 g/mol. The van der Waals surface area contributed by atoms with Gasteiger partial charge in [-0.05, 0) is 43.2 Å². The van der Waals surface area contributed by atoms with Crippen molar-refractivity contribution in [1.82, 2.24) is 0 Å². The van der Waals surface area contributed by atoms with Gasteiger partial charge in [-0.25, -0.2) is 0 Å². The Balaban J connectivity index is 2.90. The van der Waals surface area contributed by atoms with Gasteiger partial charge in [0.2, 0.25) is 0 Å². The zero-order valence-electron chi connectivity index (χ0n) is 27.6. The van der Waals surface area contributed by atoms with Crippen molar-refractivity contribution in [3.8, 4) is 0 Å². The standard InChI is InChI=1S/C36H54Cl2Si3/c1-28(2)34(7,8)39(37,31-22-16-13-17-23-31)41(36(11,12)30(5)6,33-26-20-15-21-27-33)40(38,35(9,10)29(3)4)32-24-18-14-19-25-32/h13-30H,1-12H3/t39-,40-/m1/s1. The van der Waals surface area contributed by atoms with E-state index in [0.29, 0.717) is 17.8 Å². The summed E-state index contributed by atoms with van der Waals surface area (Å²) in [4.78, 5) is 0. The van der Waals surface area contributed by atoms with Crippen LogP contribution >= 0.6 is 22.2 Å². The van der Waals surface area contributed by atoms with Crippen LogP contribution in [0.4, 0.5) is 0 Å². The maximum absolute atomic E-state index is 9.03. The summed E-state index contributed by atoms with van der Waals surface area (Å²) in [7, 11) is -3.04. The summed E-state index contributed by atoms with van der Waals surface area (Å²) in [6, 6.07) is 34.0. The second-order valence-electron chi connectivity index (χ2n) is 14.8. The van der Waals surface area contributed by atoms with Gasteiger partial charge in [-0.2, -0.15) is 22.2 Å². The molecule has 0 fully saturated rings. The molecular weight excluding hydrogens is 588 g/mol. The van der Waals surface area contributed by atoms with Crippen LogP contribution < -0.4 is 15.6 Å². The van der Waals surface area contributed by atoms with E-state index in [1.165, 1.54) is 15.6 Å². The van der Waals surface area contributed by atoms with Crippen molar-refractivity contribution in [2.45, 2.75) is 98.2 Å². The van der Waals surface area contributed by atoms with Gasteiger partial charge < -0.3 is 0 Å². The fourth-order valence-electron chi connectivity index (χ4n) is 7.29. The van der Waals surface area contributed by atoms with Crippen molar-refractivity contribution in [3.63, 3.8) is 0 Å². The first kappa shape index (κ1) is 34.4. The molecule has 0 aliphatic heterocycles. The minimum Gasteiger partial charge on any atom is -0.164 e. The maximum Gasteiger partial charge on any atom is 0.187 e. The molecule has 0 radical (unpaired) electrons. The van der Waals surface area contributed by atoms with Gasteiger partial charge in [-0.1, -0.05) is 179 Å². The van der Waals surface area contributed by atoms with Crippen LogP contribution in [0.1, 0.15) is 83.1 Å². The Morgan fingerprint density at radius 3 is 0.902 bits per heavy atom. The summed E-state index contributed by atoms with van der Waals surface area (Å²) in [5.41, 5.74) is 0. The van der Waals surface area contributed by atoms with E-state index in [1.54, 1.807) is 0 Å². The maximum atomic E-state index is 9.03. The predicted molar refractivity (Wildman–Crippen MR) is 194 cm³/mol. The Morgan fingerprint density at radius 1 is 0.415 bits per heavy atom. The van der Waals surface area contributed by atoms with Gasteiger partial charge in [0.1, 0.15) is 7.11 Å². The summed E-state index contributed by atoms with van der Waals surface area (Å²) in [5, 5.41) is 3.70. The van der Waals surface area contributed by atoms with Crippen molar-refractivity contribution < 1.29 is 0 Å². The molecule has 0 amide bonds. The Kier molecular flexibility index (Phi) is 10.2. The van der Waals surface area contributed by atoms with E-state index in [-0.39, 0.29) is 15.1 Å². The van der Waals surface area contributed by atoms with E-state index in [9.17, 15) is 0 Å². The van der Waals surface area contributed by atoms with Crippen LogP contribution in [0.3, 0.4) is 0 Å². The van der Waals surface area contributed by atoms with Gasteiger partial charge in [0.25, 0.3) is 0 Å². The molecule has 0 bridgehead atoms. The molecular formula is C36H54Cl2Si3. The summed E-state index contributed by atoms with van der Waals surface area (Å²) < 4.78 is 0. The number of halogens is 2. The first-order valence-corrected chi connectivity index (χ1v) is 25.5. The molecule has 2 atom stereocenters. The van der Waals surface area contributed by atoms with Crippen LogP contribution in [0.2, 0.25) is 15.1 Å². The second kappa shape index (κ2) is 12.1. The summed E-state index contributed by atoms with van der Waals surface area (Å²) in [6.07, 6.45) is 0. The summed E-state index contributed by atoms with van der Waals surface area (Å²) >= 11 is 18.1. The lowest BCUT2D eigenvalue weighted by Crippen LogP contribution is -2.94. The molecule has 0 saturated carbocycles. The van der Waals surface area contributed by atoms with Crippen molar-refractivity contribution in [3.05, 3.63) is 91.0 Å². The highest BCUT2D eigenvalue weighted by molar-refractivity contribution is 7.93. The van der Waals surface area contributed by atoms with E-state index in [4.69, 9.17) is 22.2 Å². The van der Waals surface area contributed by atoms with Crippen molar-refractivity contribution >= 4 is 58.6 Å². The number of rotatable bonds is 11.